The van der Waals surface area contributed by atoms with E-state index in [1.54, 1.807) is 6.20 Å². The van der Waals surface area contributed by atoms with E-state index < -0.39 is 0 Å². The molecule has 2 N–H and O–H groups in total. The molecule has 0 fully saturated rings. The monoisotopic (exact) mass is 279 g/mol. The summed E-state index contributed by atoms with van der Waals surface area (Å²) in [4.78, 5) is 4.17. The lowest BCUT2D eigenvalue weighted by atomic mass is 10.1. The molecule has 0 aliphatic carbocycles. The summed E-state index contributed by atoms with van der Waals surface area (Å²) in [5, 5.41) is 0.671. The first kappa shape index (κ1) is 13.9. The quantitative estimate of drug-likeness (QED) is 0.915. The van der Waals surface area contributed by atoms with E-state index in [4.69, 9.17) is 22.1 Å². The van der Waals surface area contributed by atoms with E-state index in [1.165, 1.54) is 0 Å². The van der Waals surface area contributed by atoms with Crippen LogP contribution in [0.4, 0.5) is 0 Å². The molecule has 2 rings (SSSR count). The minimum atomic E-state index is -0.108. The molecule has 1 unspecified atom stereocenters. The van der Waals surface area contributed by atoms with Crippen molar-refractivity contribution >= 4 is 11.6 Å². The lowest BCUT2D eigenvalue weighted by molar-refractivity contribution is 0.293. The third-order valence-electron chi connectivity index (χ3n) is 2.98. The second-order valence-corrected chi connectivity index (χ2v) is 4.92. The highest BCUT2D eigenvalue weighted by molar-refractivity contribution is 6.30. The third-order valence-corrected chi connectivity index (χ3v) is 3.21. The minimum absolute atomic E-state index is 0.108. The van der Waals surface area contributed by atoms with Crippen LogP contribution in [0.15, 0.2) is 30.6 Å². The molecule has 19 heavy (non-hydrogen) atoms. The van der Waals surface area contributed by atoms with Gasteiger partial charge in [0.05, 0.1) is 6.54 Å². The number of benzene rings is 1. The number of nitrogens with zero attached hydrogens (tertiary/aromatic N) is 2. The summed E-state index contributed by atoms with van der Waals surface area (Å²) >= 11 is 5.97. The van der Waals surface area contributed by atoms with Crippen molar-refractivity contribution in [2.45, 2.75) is 26.4 Å². The first-order valence-corrected chi connectivity index (χ1v) is 6.61. The van der Waals surface area contributed by atoms with Gasteiger partial charge in [-0.25, -0.2) is 4.98 Å². The highest BCUT2D eigenvalue weighted by Gasteiger charge is 2.09. The van der Waals surface area contributed by atoms with Crippen LogP contribution in [0.2, 0.25) is 5.02 Å². The Balaban J connectivity index is 2.01. The van der Waals surface area contributed by atoms with Gasteiger partial charge in [0.25, 0.3) is 0 Å². The molecule has 5 heteroatoms. The van der Waals surface area contributed by atoms with Crippen molar-refractivity contribution in [1.82, 2.24) is 9.55 Å². The van der Waals surface area contributed by atoms with Crippen LogP contribution in [0.3, 0.4) is 0 Å². The molecule has 0 spiro atoms. The van der Waals surface area contributed by atoms with Crippen LogP contribution in [-0.4, -0.2) is 16.2 Å². The Morgan fingerprint density at radius 1 is 1.47 bits per heavy atom. The molecule has 1 heterocycles. The van der Waals surface area contributed by atoms with Crippen LogP contribution in [0.25, 0.3) is 0 Å². The molecule has 0 saturated carbocycles. The van der Waals surface area contributed by atoms with Crippen molar-refractivity contribution in [3.8, 4) is 5.75 Å². The fourth-order valence-corrected chi connectivity index (χ4v) is 2.08. The average molecular weight is 280 g/mol. The maximum absolute atomic E-state index is 5.97. The first-order valence-electron chi connectivity index (χ1n) is 6.23. The lowest BCUT2D eigenvalue weighted by Gasteiger charge is -2.15. The van der Waals surface area contributed by atoms with Crippen molar-refractivity contribution in [2.75, 3.05) is 6.61 Å². The van der Waals surface area contributed by atoms with Gasteiger partial charge in [0, 0.05) is 29.0 Å². The Hall–Kier alpha value is -1.52. The molecule has 0 amide bonds. The first-order chi connectivity index (χ1) is 9.08. The molecule has 102 valence electrons. The Labute approximate surface area is 118 Å². The number of ether oxygens (including phenoxy) is 1. The van der Waals surface area contributed by atoms with Gasteiger partial charge in [0.1, 0.15) is 18.2 Å². The summed E-state index contributed by atoms with van der Waals surface area (Å²) < 4.78 is 7.84. The molecule has 1 atom stereocenters. The maximum Gasteiger partial charge on any atom is 0.124 e. The van der Waals surface area contributed by atoms with Crippen LogP contribution in [0.1, 0.15) is 24.4 Å². The molecule has 0 saturated heterocycles. The van der Waals surface area contributed by atoms with Gasteiger partial charge in [0.2, 0.25) is 0 Å². The summed E-state index contributed by atoms with van der Waals surface area (Å²) in [6, 6.07) is 5.42. The molecule has 4 nitrogen and oxygen atoms in total. The van der Waals surface area contributed by atoms with Gasteiger partial charge in [-0.2, -0.15) is 0 Å². The number of aryl methyl sites for hydroxylation is 1. The fourth-order valence-electron chi connectivity index (χ4n) is 1.90. The smallest absolute Gasteiger partial charge is 0.124 e. The number of hydrogen-bond acceptors (Lipinski definition) is 3. The number of halogens is 1. The molecule has 0 radical (unpaired) electrons. The summed E-state index contributed by atoms with van der Waals surface area (Å²) in [6.07, 6.45) is 3.72. The molecule has 1 aromatic carbocycles. The van der Waals surface area contributed by atoms with Crippen molar-refractivity contribution in [3.63, 3.8) is 0 Å². The van der Waals surface area contributed by atoms with Crippen LogP contribution in [-0.2, 0) is 6.54 Å². The molecule has 0 aliphatic rings. The highest BCUT2D eigenvalue weighted by atomic mass is 35.5. The average Bonchev–Trinajstić information content (AvgIpc) is 2.77. The Morgan fingerprint density at radius 3 is 2.89 bits per heavy atom. The predicted octanol–water partition coefficient (Wildman–Crippen LogP) is 2.94. The lowest BCUT2D eigenvalue weighted by Crippen LogP contribution is -2.12. The van der Waals surface area contributed by atoms with Gasteiger partial charge in [-0.1, -0.05) is 11.6 Å². The zero-order chi connectivity index (χ0) is 13.8. The summed E-state index contributed by atoms with van der Waals surface area (Å²) in [7, 11) is 0. The van der Waals surface area contributed by atoms with E-state index in [9.17, 15) is 0 Å². The molecule has 0 aliphatic heterocycles. The van der Waals surface area contributed by atoms with Crippen molar-refractivity contribution in [1.29, 1.82) is 0 Å². The number of imidazole rings is 1. The van der Waals surface area contributed by atoms with Gasteiger partial charge >= 0.3 is 0 Å². The van der Waals surface area contributed by atoms with Gasteiger partial charge in [-0.3, -0.25) is 0 Å². The molecule has 1 aromatic heterocycles. The molecular weight excluding hydrogens is 262 g/mol. The number of aromatic nitrogens is 2. The molecular formula is C14H18ClN3O. The van der Waals surface area contributed by atoms with E-state index in [0.717, 1.165) is 23.7 Å². The van der Waals surface area contributed by atoms with Gasteiger partial charge in [-0.15, -0.1) is 0 Å². The summed E-state index contributed by atoms with van der Waals surface area (Å²) in [5.74, 6) is 1.77. The zero-order valence-electron chi connectivity index (χ0n) is 11.1. The molecule has 0 bridgehead atoms. The van der Waals surface area contributed by atoms with Crippen LogP contribution >= 0.6 is 11.6 Å². The van der Waals surface area contributed by atoms with Crippen LogP contribution in [0, 0.1) is 6.92 Å². The van der Waals surface area contributed by atoms with E-state index in [1.807, 2.05) is 42.8 Å². The zero-order valence-corrected chi connectivity index (χ0v) is 11.9. The SMILES string of the molecule is Cc1nccn1CCOc1ccc(Cl)cc1C(C)N. The number of nitrogens with two attached hydrogens (primary N) is 1. The van der Waals surface area contributed by atoms with E-state index in [2.05, 4.69) is 4.98 Å². The van der Waals surface area contributed by atoms with Crippen molar-refractivity contribution < 1.29 is 4.74 Å². The van der Waals surface area contributed by atoms with Gasteiger partial charge < -0.3 is 15.0 Å². The number of rotatable bonds is 5. The third kappa shape index (κ3) is 3.49. The summed E-state index contributed by atoms with van der Waals surface area (Å²) in [5.41, 5.74) is 6.85. The second-order valence-electron chi connectivity index (χ2n) is 4.49. The largest absolute Gasteiger partial charge is 0.491 e. The predicted molar refractivity (Wildman–Crippen MR) is 76.5 cm³/mol. The van der Waals surface area contributed by atoms with Crippen molar-refractivity contribution in [2.24, 2.45) is 5.73 Å². The van der Waals surface area contributed by atoms with Crippen LogP contribution < -0.4 is 10.5 Å². The Morgan fingerprint density at radius 2 is 2.26 bits per heavy atom. The number of hydrogen-bond donors (Lipinski definition) is 1. The molecule has 2 aromatic rings. The highest BCUT2D eigenvalue weighted by Crippen LogP contribution is 2.27. The summed E-state index contributed by atoms with van der Waals surface area (Å²) in [6.45, 7) is 5.21. The van der Waals surface area contributed by atoms with E-state index in [-0.39, 0.29) is 6.04 Å². The Bertz CT molecular complexity index is 551. The second kappa shape index (κ2) is 6.08. The fraction of sp³-hybridized carbons (Fsp3) is 0.357. The van der Waals surface area contributed by atoms with E-state index >= 15 is 0 Å². The maximum atomic E-state index is 5.97. The topological polar surface area (TPSA) is 53.1 Å². The van der Waals surface area contributed by atoms with Crippen molar-refractivity contribution in [3.05, 3.63) is 47.0 Å². The normalized spacial score (nSPS) is 12.4. The van der Waals surface area contributed by atoms with Gasteiger partial charge in [0.15, 0.2) is 0 Å². The van der Waals surface area contributed by atoms with E-state index in [0.29, 0.717) is 11.6 Å². The van der Waals surface area contributed by atoms with Gasteiger partial charge in [-0.05, 0) is 32.0 Å². The van der Waals surface area contributed by atoms with Crippen LogP contribution in [0.5, 0.6) is 5.75 Å². The minimum Gasteiger partial charge on any atom is -0.491 e. The Kier molecular flexibility index (Phi) is 4.45. The standard InChI is InChI=1S/C14H18ClN3O/c1-10(16)13-9-12(15)3-4-14(13)19-8-7-18-6-5-17-11(18)2/h3-6,9-10H,7-8,16H2,1-2H3.